The summed E-state index contributed by atoms with van der Waals surface area (Å²) in [7, 11) is 0. The van der Waals surface area contributed by atoms with Gasteiger partial charge in [-0.05, 0) is 61.2 Å². The molecule has 0 spiro atoms. The minimum absolute atomic E-state index is 0.0977. The summed E-state index contributed by atoms with van der Waals surface area (Å²) in [6.07, 6.45) is 1.08. The largest absolute Gasteiger partial charge is 0.755 e. The van der Waals surface area contributed by atoms with Gasteiger partial charge in [-0.3, -0.25) is 18.6 Å². The first kappa shape index (κ1) is 31.9. The first-order valence-corrected chi connectivity index (χ1v) is 16.0. The van der Waals surface area contributed by atoms with E-state index in [9.17, 15) is 18.4 Å². The number of benzene rings is 4. The summed E-state index contributed by atoms with van der Waals surface area (Å²) in [6.45, 7) is 4.21. The van der Waals surface area contributed by atoms with Crippen LogP contribution in [0.3, 0.4) is 0 Å². The number of piperidine rings is 1. The number of nitrogens with zero attached hydrogens (tertiary/aromatic N) is 2. The average molecular weight is 626 g/mol. The van der Waals surface area contributed by atoms with Gasteiger partial charge in [0.25, 0.3) is 0 Å². The quantitative estimate of drug-likeness (QED) is 0.184. The second kappa shape index (κ2) is 15.5. The van der Waals surface area contributed by atoms with Crippen molar-refractivity contribution in [1.29, 1.82) is 0 Å². The Morgan fingerprint density at radius 1 is 0.889 bits per heavy atom. The lowest BCUT2D eigenvalue weighted by Crippen LogP contribution is -2.39. The highest BCUT2D eigenvalue weighted by Crippen LogP contribution is 2.28. The van der Waals surface area contributed by atoms with Gasteiger partial charge >= 0.3 is 6.09 Å². The number of nitrogens with one attached hydrogen (secondary N) is 2. The fourth-order valence-electron chi connectivity index (χ4n) is 5.29. The number of rotatable bonds is 11. The Bertz CT molecular complexity index is 1590. The van der Waals surface area contributed by atoms with Gasteiger partial charge in [0.2, 0.25) is 5.91 Å². The van der Waals surface area contributed by atoms with E-state index < -0.39 is 17.4 Å². The van der Waals surface area contributed by atoms with Crippen molar-refractivity contribution in [2.45, 2.75) is 38.8 Å². The number of anilines is 3. The summed E-state index contributed by atoms with van der Waals surface area (Å²) in [5, 5.41) is 5.82. The molecule has 0 aromatic heterocycles. The summed E-state index contributed by atoms with van der Waals surface area (Å²) in [4.78, 5) is 27.5. The third-order valence-electron chi connectivity index (χ3n) is 7.78. The van der Waals surface area contributed by atoms with E-state index in [1.165, 1.54) is 4.31 Å². The zero-order chi connectivity index (χ0) is 31.6. The van der Waals surface area contributed by atoms with Crippen molar-refractivity contribution in [2.24, 2.45) is 0 Å². The highest BCUT2D eigenvalue weighted by Gasteiger charge is 2.23. The number of para-hydroxylation sites is 1. The Morgan fingerprint density at radius 2 is 1.56 bits per heavy atom. The van der Waals surface area contributed by atoms with Crippen LogP contribution in [-0.2, 0) is 27.3 Å². The molecule has 9 nitrogen and oxygen atoms in total. The topological polar surface area (TPSA) is 114 Å². The van der Waals surface area contributed by atoms with Crippen molar-refractivity contribution in [3.05, 3.63) is 114 Å². The minimum Gasteiger partial charge on any atom is -0.755 e. The summed E-state index contributed by atoms with van der Waals surface area (Å²) >= 11 is -2.42. The molecule has 0 aliphatic carbocycles. The van der Waals surface area contributed by atoms with E-state index >= 15 is 0 Å². The van der Waals surface area contributed by atoms with E-state index in [0.29, 0.717) is 42.9 Å². The number of aryl methyl sites for hydroxylation is 1. The summed E-state index contributed by atoms with van der Waals surface area (Å²) in [6, 6.07) is 32.0. The van der Waals surface area contributed by atoms with E-state index in [1.807, 2.05) is 85.8 Å². The number of amides is 2. The molecule has 0 bridgehead atoms. The Morgan fingerprint density at radius 3 is 2.24 bits per heavy atom. The van der Waals surface area contributed by atoms with Gasteiger partial charge in [-0.15, -0.1) is 0 Å². The molecule has 0 saturated carbocycles. The molecule has 2 amide bonds. The molecule has 10 heteroatoms. The predicted molar refractivity (Wildman–Crippen MR) is 177 cm³/mol. The maximum atomic E-state index is 12.7. The van der Waals surface area contributed by atoms with Crippen molar-refractivity contribution in [1.82, 2.24) is 4.90 Å². The summed E-state index contributed by atoms with van der Waals surface area (Å²) in [5.41, 5.74) is 5.75. The maximum absolute atomic E-state index is 12.7. The van der Waals surface area contributed by atoms with Crippen molar-refractivity contribution in [2.75, 3.05) is 34.6 Å². The molecule has 2 N–H and O–H groups in total. The van der Waals surface area contributed by atoms with Crippen LogP contribution in [0.2, 0.25) is 0 Å². The molecule has 1 atom stereocenters. The highest BCUT2D eigenvalue weighted by molar-refractivity contribution is 7.80. The van der Waals surface area contributed by atoms with E-state index in [-0.39, 0.29) is 18.6 Å². The molecule has 0 radical (unpaired) electrons. The molecule has 4 aromatic rings. The van der Waals surface area contributed by atoms with Gasteiger partial charge in [0, 0.05) is 54.3 Å². The van der Waals surface area contributed by atoms with Crippen LogP contribution >= 0.6 is 0 Å². The Balaban J connectivity index is 1.03. The zero-order valence-corrected chi connectivity index (χ0v) is 26.0. The first-order valence-electron chi connectivity index (χ1n) is 15.0. The predicted octanol–water partition coefficient (Wildman–Crippen LogP) is 6.50. The van der Waals surface area contributed by atoms with Crippen molar-refractivity contribution in [3.8, 4) is 11.1 Å². The molecule has 234 valence electrons. The lowest BCUT2D eigenvalue weighted by Gasteiger charge is -2.31. The van der Waals surface area contributed by atoms with Gasteiger partial charge in [0.1, 0.15) is 6.10 Å². The van der Waals surface area contributed by atoms with Gasteiger partial charge in [0.05, 0.1) is 12.2 Å². The van der Waals surface area contributed by atoms with Crippen LogP contribution in [0.1, 0.15) is 30.4 Å². The second-order valence-electron chi connectivity index (χ2n) is 11.1. The van der Waals surface area contributed by atoms with E-state index in [1.54, 1.807) is 24.3 Å². The lowest BCUT2D eigenvalue weighted by atomic mass is 10.0. The Labute approximate surface area is 266 Å². The van der Waals surface area contributed by atoms with Gasteiger partial charge in [-0.1, -0.05) is 78.4 Å². The molecule has 1 aliphatic heterocycles. The average Bonchev–Trinajstić information content (AvgIpc) is 3.05. The van der Waals surface area contributed by atoms with E-state index in [4.69, 9.17) is 4.74 Å². The van der Waals surface area contributed by atoms with E-state index in [0.717, 1.165) is 35.3 Å². The van der Waals surface area contributed by atoms with Crippen molar-refractivity contribution < 1.29 is 23.1 Å². The number of carbonyl (C=O) groups is 2. The molecule has 45 heavy (non-hydrogen) atoms. The van der Waals surface area contributed by atoms with Gasteiger partial charge in [-0.2, -0.15) is 0 Å². The maximum Gasteiger partial charge on any atom is 0.411 e. The SMILES string of the molecule is Cc1ccc(N(Cc2ccc(NC(=O)CCN3CCC(OC(=O)Nc4ccccc4-c4ccccc4)CC3)cc2)S(=O)[O-])cc1. The molecular formula is C35H37N4O5S-. The standard InChI is InChI=1S/C35H38N4O5S/c1-26-11-17-30(18-12-26)39(45(42)43)25-27-13-15-29(16-14-27)36-34(40)21-24-38-22-19-31(20-23-38)44-35(41)37-33-10-6-5-9-32(33)28-7-3-2-4-8-28/h2-18,31H,19-25H2,1H3,(H,36,40)(H,37,41)(H,42,43)/p-1. The lowest BCUT2D eigenvalue weighted by molar-refractivity contribution is -0.116. The monoisotopic (exact) mass is 625 g/mol. The third-order valence-corrected chi connectivity index (χ3v) is 8.48. The number of hydrogen-bond donors (Lipinski definition) is 2. The summed E-state index contributed by atoms with van der Waals surface area (Å²) < 4.78 is 30.7. The Hall–Kier alpha value is -4.51. The fourth-order valence-corrected chi connectivity index (χ4v) is 5.83. The zero-order valence-electron chi connectivity index (χ0n) is 25.2. The molecule has 5 rings (SSSR count). The number of ether oxygens (including phenoxy) is 1. The fraction of sp³-hybridized carbons (Fsp3) is 0.257. The van der Waals surface area contributed by atoms with Crippen LogP contribution in [0.25, 0.3) is 11.1 Å². The minimum atomic E-state index is -2.42. The second-order valence-corrected chi connectivity index (χ2v) is 11.9. The molecular weight excluding hydrogens is 588 g/mol. The first-order chi connectivity index (χ1) is 21.8. The molecule has 1 unspecified atom stereocenters. The molecule has 1 saturated heterocycles. The van der Waals surface area contributed by atoms with Gasteiger partial charge in [0.15, 0.2) is 0 Å². The van der Waals surface area contributed by atoms with Crippen LogP contribution in [-0.4, -0.2) is 51.4 Å². The normalized spacial score (nSPS) is 14.4. The summed E-state index contributed by atoms with van der Waals surface area (Å²) in [5.74, 6) is -0.0977. The smallest absolute Gasteiger partial charge is 0.411 e. The molecule has 1 aliphatic rings. The molecule has 1 fully saturated rings. The van der Waals surface area contributed by atoms with Gasteiger partial charge < -0.3 is 19.5 Å². The Kier molecular flexibility index (Phi) is 11.0. The molecule has 1 heterocycles. The van der Waals surface area contributed by atoms with Crippen LogP contribution in [0.15, 0.2) is 103 Å². The van der Waals surface area contributed by atoms with Gasteiger partial charge in [-0.25, -0.2) is 4.79 Å². The van der Waals surface area contributed by atoms with Crippen LogP contribution < -0.4 is 14.9 Å². The van der Waals surface area contributed by atoms with E-state index in [2.05, 4.69) is 15.5 Å². The van der Waals surface area contributed by atoms with Crippen molar-refractivity contribution in [3.63, 3.8) is 0 Å². The van der Waals surface area contributed by atoms with Crippen molar-refractivity contribution >= 4 is 40.3 Å². The van der Waals surface area contributed by atoms with Crippen LogP contribution in [0.5, 0.6) is 0 Å². The van der Waals surface area contributed by atoms with Crippen LogP contribution in [0, 0.1) is 6.92 Å². The number of hydrogen-bond acceptors (Lipinski definition) is 6. The number of likely N-dealkylation sites (tertiary alicyclic amines) is 1. The van der Waals surface area contributed by atoms with Crippen LogP contribution in [0.4, 0.5) is 21.9 Å². The molecule has 4 aromatic carbocycles. The highest BCUT2D eigenvalue weighted by atomic mass is 32.2. The number of carbonyl (C=O) groups excluding carboxylic acids is 2. The third kappa shape index (κ3) is 9.24.